The molecule has 1 aromatic carbocycles. The van der Waals surface area contributed by atoms with E-state index in [1.807, 2.05) is 29.3 Å². The normalized spacial score (nSPS) is 15.8. The van der Waals surface area contributed by atoms with Gasteiger partial charge < -0.3 is 9.47 Å². The summed E-state index contributed by atoms with van der Waals surface area (Å²) >= 11 is 0. The first-order valence-electron chi connectivity index (χ1n) is 9.33. The van der Waals surface area contributed by atoms with Gasteiger partial charge in [0, 0.05) is 43.5 Å². The van der Waals surface area contributed by atoms with Gasteiger partial charge in [-0.1, -0.05) is 19.9 Å². The monoisotopic (exact) mass is 339 g/mol. The fourth-order valence-electron chi connectivity index (χ4n) is 3.63. The third-order valence-electron chi connectivity index (χ3n) is 5.37. The summed E-state index contributed by atoms with van der Waals surface area (Å²) in [4.78, 5) is 19.2. The number of imidazole rings is 1. The van der Waals surface area contributed by atoms with Gasteiger partial charge >= 0.3 is 0 Å². The third-order valence-corrected chi connectivity index (χ3v) is 5.37. The second-order valence-electron chi connectivity index (χ2n) is 7.63. The second-order valence-corrected chi connectivity index (χ2v) is 7.63. The number of piperidine rings is 1. The average molecular weight is 339 g/mol. The van der Waals surface area contributed by atoms with Crippen molar-refractivity contribution < 1.29 is 4.79 Å². The Kier molecular flexibility index (Phi) is 5.26. The van der Waals surface area contributed by atoms with E-state index in [2.05, 4.69) is 43.4 Å². The summed E-state index contributed by atoms with van der Waals surface area (Å²) in [6.07, 6.45) is 6.11. The quantitative estimate of drug-likeness (QED) is 0.838. The van der Waals surface area contributed by atoms with Gasteiger partial charge in [0.1, 0.15) is 5.82 Å². The predicted octanol–water partition coefficient (Wildman–Crippen LogP) is 4.18. The van der Waals surface area contributed by atoms with Crippen LogP contribution in [-0.2, 0) is 6.54 Å². The number of hydrogen-bond donors (Lipinski definition) is 0. The highest BCUT2D eigenvalue weighted by atomic mass is 16.2. The highest BCUT2D eigenvalue weighted by Crippen LogP contribution is 2.23. The Balaban J connectivity index is 1.59. The number of carbonyl (C=O) groups is 1. The lowest BCUT2D eigenvalue weighted by molar-refractivity contribution is 0.0682. The maximum Gasteiger partial charge on any atom is 0.253 e. The van der Waals surface area contributed by atoms with Gasteiger partial charge in [-0.2, -0.15) is 0 Å². The zero-order valence-corrected chi connectivity index (χ0v) is 15.8. The van der Waals surface area contributed by atoms with Gasteiger partial charge in [0.2, 0.25) is 0 Å². The molecule has 4 nitrogen and oxygen atoms in total. The Morgan fingerprint density at radius 1 is 1.20 bits per heavy atom. The smallest absolute Gasteiger partial charge is 0.253 e. The zero-order chi connectivity index (χ0) is 18.0. The first-order valence-corrected chi connectivity index (χ1v) is 9.33. The van der Waals surface area contributed by atoms with Crippen molar-refractivity contribution in [1.82, 2.24) is 14.5 Å². The molecule has 2 heterocycles. The molecule has 0 bridgehead atoms. The van der Waals surface area contributed by atoms with Crippen molar-refractivity contribution in [3.63, 3.8) is 0 Å². The van der Waals surface area contributed by atoms with E-state index in [1.165, 1.54) is 11.1 Å². The fraction of sp³-hybridized carbons (Fsp3) is 0.524. The molecule has 1 fully saturated rings. The molecular formula is C21H29N3O. The number of amides is 1. The Labute approximate surface area is 150 Å². The van der Waals surface area contributed by atoms with Crippen molar-refractivity contribution in [3.8, 4) is 0 Å². The minimum atomic E-state index is 0.173. The van der Waals surface area contributed by atoms with Gasteiger partial charge in [-0.05, 0) is 55.9 Å². The van der Waals surface area contributed by atoms with Crippen molar-refractivity contribution in [3.05, 3.63) is 53.1 Å². The number of hydrogen-bond acceptors (Lipinski definition) is 2. The molecule has 134 valence electrons. The predicted molar refractivity (Wildman–Crippen MR) is 101 cm³/mol. The summed E-state index contributed by atoms with van der Waals surface area (Å²) in [5.74, 6) is 2.40. The number of aryl methyl sites for hydroxylation is 2. The molecule has 25 heavy (non-hydrogen) atoms. The molecule has 1 amide bonds. The summed E-state index contributed by atoms with van der Waals surface area (Å²) in [5.41, 5.74) is 3.23. The van der Waals surface area contributed by atoms with Crippen LogP contribution in [0.2, 0.25) is 0 Å². The molecule has 1 aliphatic rings. The van der Waals surface area contributed by atoms with Crippen LogP contribution >= 0.6 is 0 Å². The second kappa shape index (κ2) is 7.42. The Morgan fingerprint density at radius 2 is 1.92 bits per heavy atom. The van der Waals surface area contributed by atoms with Crippen molar-refractivity contribution in [2.24, 2.45) is 5.92 Å². The van der Waals surface area contributed by atoms with Crippen molar-refractivity contribution in [1.29, 1.82) is 0 Å². The van der Waals surface area contributed by atoms with Gasteiger partial charge in [0.15, 0.2) is 0 Å². The lowest BCUT2D eigenvalue weighted by atomic mass is 9.95. The Hall–Kier alpha value is -2.10. The van der Waals surface area contributed by atoms with Crippen LogP contribution in [0.15, 0.2) is 30.6 Å². The van der Waals surface area contributed by atoms with Crippen LogP contribution in [0.5, 0.6) is 0 Å². The van der Waals surface area contributed by atoms with Gasteiger partial charge in [0.05, 0.1) is 0 Å². The van der Waals surface area contributed by atoms with E-state index in [4.69, 9.17) is 0 Å². The van der Waals surface area contributed by atoms with Crippen molar-refractivity contribution in [2.45, 2.75) is 53.0 Å². The summed E-state index contributed by atoms with van der Waals surface area (Å²) in [5, 5.41) is 0. The topological polar surface area (TPSA) is 38.1 Å². The molecular weight excluding hydrogens is 310 g/mol. The van der Waals surface area contributed by atoms with E-state index in [9.17, 15) is 4.79 Å². The van der Waals surface area contributed by atoms with E-state index < -0.39 is 0 Å². The molecule has 0 atom stereocenters. The van der Waals surface area contributed by atoms with Crippen LogP contribution in [0.3, 0.4) is 0 Å². The molecule has 0 unspecified atom stereocenters. The molecule has 0 spiro atoms. The summed E-state index contributed by atoms with van der Waals surface area (Å²) in [6, 6.07) is 6.02. The fourth-order valence-corrected chi connectivity index (χ4v) is 3.63. The van der Waals surface area contributed by atoms with Crippen LogP contribution in [0.4, 0.5) is 0 Å². The van der Waals surface area contributed by atoms with E-state index in [1.54, 1.807) is 0 Å². The number of likely N-dealkylation sites (tertiary alicyclic amines) is 1. The lowest BCUT2D eigenvalue weighted by Gasteiger charge is -2.32. The Morgan fingerprint density at radius 3 is 2.56 bits per heavy atom. The van der Waals surface area contributed by atoms with Gasteiger partial charge in [-0.3, -0.25) is 4.79 Å². The molecule has 1 aliphatic heterocycles. The van der Waals surface area contributed by atoms with Crippen LogP contribution in [0.25, 0.3) is 0 Å². The number of nitrogens with zero attached hydrogens (tertiary/aromatic N) is 3. The van der Waals surface area contributed by atoms with Crippen LogP contribution in [-0.4, -0.2) is 33.4 Å². The largest absolute Gasteiger partial charge is 0.339 e. The molecule has 0 radical (unpaired) electrons. The zero-order valence-electron chi connectivity index (χ0n) is 15.8. The maximum atomic E-state index is 12.7. The summed E-state index contributed by atoms with van der Waals surface area (Å²) in [6.45, 7) is 11.2. The minimum Gasteiger partial charge on any atom is -0.339 e. The highest BCUT2D eigenvalue weighted by molar-refractivity contribution is 5.94. The van der Waals surface area contributed by atoms with Crippen LogP contribution in [0, 0.1) is 19.8 Å². The molecule has 4 heteroatoms. The lowest BCUT2D eigenvalue weighted by Crippen LogP contribution is -2.39. The van der Waals surface area contributed by atoms with E-state index >= 15 is 0 Å². The molecule has 1 saturated heterocycles. The SMILES string of the molecule is Cc1ccc(C(=O)N2CCC(Cn3ccnc3C(C)C)CC2)cc1C. The molecule has 0 N–H and O–H groups in total. The number of carbonyl (C=O) groups excluding carboxylic acids is 1. The minimum absolute atomic E-state index is 0.173. The average Bonchev–Trinajstić information content (AvgIpc) is 3.06. The first kappa shape index (κ1) is 17.7. The van der Waals surface area contributed by atoms with Gasteiger partial charge in [-0.25, -0.2) is 4.98 Å². The first-order chi connectivity index (χ1) is 12.0. The van der Waals surface area contributed by atoms with Gasteiger partial charge in [-0.15, -0.1) is 0 Å². The third kappa shape index (κ3) is 3.94. The molecule has 1 aromatic heterocycles. The Bertz CT molecular complexity index is 739. The van der Waals surface area contributed by atoms with Crippen LogP contribution < -0.4 is 0 Å². The van der Waals surface area contributed by atoms with E-state index in [0.717, 1.165) is 43.9 Å². The number of aromatic nitrogens is 2. The molecule has 0 aliphatic carbocycles. The van der Waals surface area contributed by atoms with Crippen LogP contribution in [0.1, 0.15) is 59.9 Å². The number of benzene rings is 1. The molecule has 2 aromatic rings. The highest BCUT2D eigenvalue weighted by Gasteiger charge is 2.24. The number of rotatable bonds is 4. The summed E-state index contributed by atoms with van der Waals surface area (Å²) < 4.78 is 2.29. The van der Waals surface area contributed by atoms with Crippen molar-refractivity contribution >= 4 is 5.91 Å². The van der Waals surface area contributed by atoms with Crippen molar-refractivity contribution in [2.75, 3.05) is 13.1 Å². The summed E-state index contributed by atoms with van der Waals surface area (Å²) in [7, 11) is 0. The standard InChI is InChI=1S/C21H29N3O/c1-15(2)20-22-9-12-24(20)14-18-7-10-23(11-8-18)21(25)19-6-5-16(3)17(4)13-19/h5-6,9,12-13,15,18H,7-8,10-11,14H2,1-4H3. The maximum absolute atomic E-state index is 12.7. The molecule has 0 saturated carbocycles. The molecule has 3 rings (SSSR count). The van der Waals surface area contributed by atoms with Gasteiger partial charge in [0.25, 0.3) is 5.91 Å². The van der Waals surface area contributed by atoms with E-state index in [-0.39, 0.29) is 5.91 Å². The van der Waals surface area contributed by atoms with E-state index in [0.29, 0.717) is 11.8 Å².